The van der Waals surface area contributed by atoms with Gasteiger partial charge in [0.15, 0.2) is 11.5 Å². The highest BCUT2D eigenvalue weighted by Crippen LogP contribution is 2.41. The zero-order valence-corrected chi connectivity index (χ0v) is 18.4. The van der Waals surface area contributed by atoms with Crippen molar-refractivity contribution in [2.75, 3.05) is 32.1 Å². The Bertz CT molecular complexity index is 1060. The van der Waals surface area contributed by atoms with Gasteiger partial charge >= 0.3 is 25.7 Å². The molecule has 5 N–H and O–H groups in total. The van der Waals surface area contributed by atoms with Crippen LogP contribution in [0.5, 0.6) is 0 Å². The second-order valence-corrected chi connectivity index (χ2v) is 7.59. The molecule has 0 spiro atoms. The lowest BCUT2D eigenvalue weighted by Crippen LogP contribution is -2.11. The lowest BCUT2D eigenvalue weighted by molar-refractivity contribution is -0.134. The van der Waals surface area contributed by atoms with Gasteiger partial charge in [-0.15, -0.1) is 0 Å². The molecule has 1 unspecified atom stereocenters. The smallest absolute Gasteiger partial charge is 0.478 e. The van der Waals surface area contributed by atoms with Gasteiger partial charge in [0.25, 0.3) is 0 Å². The molecule has 16 nitrogen and oxygen atoms in total. The molecule has 0 saturated carbocycles. The number of nitrogens with zero attached hydrogens (tertiary/aromatic N) is 4. The largest absolute Gasteiger partial charge is 0.510 e. The number of hydrogen-bond donors (Lipinski definition) is 4. The molecule has 34 heavy (non-hydrogen) atoms. The molecule has 0 aliphatic carbocycles. The molecule has 0 radical (unpaired) electrons. The first-order valence-corrected chi connectivity index (χ1v) is 10.8. The Labute approximate surface area is 191 Å². The van der Waals surface area contributed by atoms with E-state index >= 15 is 0 Å². The van der Waals surface area contributed by atoms with Crippen molar-refractivity contribution in [1.82, 2.24) is 19.5 Å². The number of nitrogen functional groups attached to an aromatic ring is 1. The summed E-state index contributed by atoms with van der Waals surface area (Å²) >= 11 is 0. The van der Waals surface area contributed by atoms with Gasteiger partial charge in [0, 0.05) is 18.7 Å². The lowest BCUT2D eigenvalue weighted by Gasteiger charge is -2.12. The average Bonchev–Trinajstić information content (AvgIpc) is 3.18. The van der Waals surface area contributed by atoms with Crippen LogP contribution in [0.1, 0.15) is 0 Å². The highest BCUT2D eigenvalue weighted by molar-refractivity contribution is 7.52. The summed E-state index contributed by atoms with van der Waals surface area (Å²) in [6.07, 6.45) is 3.66. The summed E-state index contributed by atoms with van der Waals surface area (Å²) in [4.78, 5) is 51.7. The summed E-state index contributed by atoms with van der Waals surface area (Å²) in [6, 6.07) is 0. The maximum absolute atomic E-state index is 11.7. The monoisotopic (exact) mass is 503 g/mol. The van der Waals surface area contributed by atoms with E-state index in [1.54, 1.807) is 4.57 Å². The summed E-state index contributed by atoms with van der Waals surface area (Å²) < 4.78 is 32.1. The molecular weight excluding hydrogens is 481 g/mol. The normalized spacial score (nSPS) is 12.4. The van der Waals surface area contributed by atoms with Gasteiger partial charge < -0.3 is 39.6 Å². The van der Waals surface area contributed by atoms with Gasteiger partial charge in [-0.05, 0) is 0 Å². The van der Waals surface area contributed by atoms with E-state index in [9.17, 15) is 23.8 Å². The number of imidazole rings is 1. The quantitative estimate of drug-likeness (QED) is 0.0774. The number of hydrogen-bond acceptors (Lipinski definition) is 12. The minimum Gasteiger partial charge on any atom is -0.478 e. The van der Waals surface area contributed by atoms with Crippen molar-refractivity contribution in [3.8, 4) is 0 Å². The molecule has 2 heterocycles. The molecule has 17 heteroatoms. The second-order valence-electron chi connectivity index (χ2n) is 5.79. The summed E-state index contributed by atoms with van der Waals surface area (Å²) in [5.41, 5.74) is 6.67. The first-order chi connectivity index (χ1) is 16.1. The van der Waals surface area contributed by atoms with Gasteiger partial charge in [-0.2, -0.15) is 0 Å². The molecule has 1 atom stereocenters. The fraction of sp³-hybridized carbons (Fsp3) is 0.294. The Kier molecular flexibility index (Phi) is 11.9. The van der Waals surface area contributed by atoms with Crippen LogP contribution in [0.15, 0.2) is 37.5 Å². The maximum Gasteiger partial charge on any atom is 0.510 e. The van der Waals surface area contributed by atoms with Crippen molar-refractivity contribution in [3.63, 3.8) is 0 Å². The molecule has 186 valence electrons. The Morgan fingerprint density at radius 2 is 1.82 bits per heavy atom. The van der Waals surface area contributed by atoms with Gasteiger partial charge in [-0.25, -0.2) is 29.3 Å². The molecule has 0 saturated heterocycles. The van der Waals surface area contributed by atoms with E-state index in [2.05, 4.69) is 35.5 Å². The second kappa shape index (κ2) is 14.3. The fourth-order valence-corrected chi connectivity index (χ4v) is 2.56. The number of anilines is 1. The first-order valence-electron chi connectivity index (χ1n) is 9.05. The number of fused-ring (bicyclic) bond motifs is 1. The number of carbonyl (C=O) groups is 3. The van der Waals surface area contributed by atoms with Crippen molar-refractivity contribution < 1.29 is 52.8 Å². The molecule has 2 rings (SSSR count). The van der Waals surface area contributed by atoms with Crippen LogP contribution in [0.2, 0.25) is 0 Å². The Morgan fingerprint density at radius 3 is 2.44 bits per heavy atom. The number of ether oxygens (including phenoxy) is 3. The highest BCUT2D eigenvalue weighted by atomic mass is 31.2. The standard InChI is InChI=1S/C13H18N5O7P.C4H4O4/c1-2-4-23-13(19)24-8-25-26(20,21)9-22-5-3-18-7-17-10-11(14)15-6-16-12(10)18;5-3(6)1-2-4(7)8/h2,6-7H,1,3-5,8-9H2,(H,20,21)(H2,14,15,16);1-2H,(H,5,6)(H,7,8)/b;2-1+. The van der Waals surface area contributed by atoms with Crippen LogP contribution in [-0.2, 0) is 39.4 Å². The van der Waals surface area contributed by atoms with Crippen LogP contribution in [0.4, 0.5) is 10.6 Å². The average molecular weight is 503 g/mol. The molecule has 0 aliphatic rings. The zero-order chi connectivity index (χ0) is 25.6. The summed E-state index contributed by atoms with van der Waals surface area (Å²) in [5.74, 6) is -2.26. The molecule has 0 amide bonds. The number of carboxylic acid groups (broad SMARTS) is 2. The molecule has 0 fully saturated rings. The van der Waals surface area contributed by atoms with E-state index in [-0.39, 0.29) is 19.0 Å². The minimum atomic E-state index is -4.08. The number of aromatic nitrogens is 4. The summed E-state index contributed by atoms with van der Waals surface area (Å²) in [5, 5.41) is 15.6. The predicted octanol–water partition coefficient (Wildman–Crippen LogP) is 0.593. The van der Waals surface area contributed by atoms with Gasteiger partial charge in [-0.3, -0.25) is 9.09 Å². The van der Waals surface area contributed by atoms with Gasteiger partial charge in [0.05, 0.1) is 12.9 Å². The first kappa shape index (κ1) is 28.2. The Morgan fingerprint density at radius 1 is 1.15 bits per heavy atom. The van der Waals surface area contributed by atoms with E-state index < -0.39 is 38.8 Å². The van der Waals surface area contributed by atoms with Crippen molar-refractivity contribution in [2.45, 2.75) is 6.54 Å². The highest BCUT2D eigenvalue weighted by Gasteiger charge is 2.21. The maximum atomic E-state index is 11.7. The van der Waals surface area contributed by atoms with Gasteiger partial charge in [-0.1, -0.05) is 12.7 Å². The Balaban J connectivity index is 0.000000620. The van der Waals surface area contributed by atoms with E-state index in [1.165, 1.54) is 18.7 Å². The third kappa shape index (κ3) is 11.1. The van der Waals surface area contributed by atoms with E-state index in [0.29, 0.717) is 29.9 Å². The van der Waals surface area contributed by atoms with Crippen LogP contribution in [0.3, 0.4) is 0 Å². The third-order valence-corrected chi connectivity index (χ3v) is 4.30. The minimum absolute atomic E-state index is 0.0434. The van der Waals surface area contributed by atoms with Crippen LogP contribution < -0.4 is 5.73 Å². The van der Waals surface area contributed by atoms with Crippen molar-refractivity contribution in [1.29, 1.82) is 0 Å². The van der Waals surface area contributed by atoms with Crippen LogP contribution in [-0.4, -0.2) is 79.1 Å². The van der Waals surface area contributed by atoms with Crippen LogP contribution >= 0.6 is 7.60 Å². The van der Waals surface area contributed by atoms with Gasteiger partial charge in [0.2, 0.25) is 6.79 Å². The molecule has 0 aliphatic heterocycles. The molecular formula is C17H22N5O11P. The van der Waals surface area contributed by atoms with Crippen LogP contribution in [0, 0.1) is 0 Å². The van der Waals surface area contributed by atoms with Crippen molar-refractivity contribution in [3.05, 3.63) is 37.5 Å². The number of carbonyl (C=O) groups excluding carboxylic acids is 1. The molecule has 2 aromatic heterocycles. The molecule has 0 aromatic carbocycles. The molecule has 0 bridgehead atoms. The van der Waals surface area contributed by atoms with E-state index in [4.69, 9.17) is 20.7 Å². The molecule has 2 aromatic rings. The topological polar surface area (TPSA) is 236 Å². The Hall–Kier alpha value is -3.85. The van der Waals surface area contributed by atoms with Gasteiger partial charge in [0.1, 0.15) is 24.8 Å². The van der Waals surface area contributed by atoms with Crippen molar-refractivity contribution in [2.24, 2.45) is 0 Å². The summed E-state index contributed by atoms with van der Waals surface area (Å²) in [6.45, 7) is 2.97. The zero-order valence-electron chi connectivity index (χ0n) is 17.6. The van der Waals surface area contributed by atoms with E-state index in [1.807, 2.05) is 0 Å². The third-order valence-electron chi connectivity index (χ3n) is 3.28. The number of rotatable bonds is 12. The number of aliphatic carboxylic acids is 2. The lowest BCUT2D eigenvalue weighted by atomic mass is 10.5. The van der Waals surface area contributed by atoms with E-state index in [0.717, 1.165) is 0 Å². The number of nitrogens with two attached hydrogens (primary N) is 1. The van der Waals surface area contributed by atoms with Crippen LogP contribution in [0.25, 0.3) is 11.2 Å². The fourth-order valence-electron chi connectivity index (χ4n) is 1.91. The summed E-state index contributed by atoms with van der Waals surface area (Å²) in [7, 11) is -4.08. The predicted molar refractivity (Wildman–Crippen MR) is 113 cm³/mol. The van der Waals surface area contributed by atoms with Crippen molar-refractivity contribution >= 4 is 42.7 Å². The number of carboxylic acids is 2. The SMILES string of the molecule is C=CCOC(=O)OCOP(=O)(O)COCCn1cnc2c(N)ncnc21.O=C(O)/C=C/C(=O)O.